The summed E-state index contributed by atoms with van der Waals surface area (Å²) in [5, 5.41) is 0. The van der Waals surface area contributed by atoms with E-state index in [1.54, 1.807) is 31.4 Å². The lowest BCUT2D eigenvalue weighted by molar-refractivity contribution is 0.0998. The van der Waals surface area contributed by atoms with E-state index < -0.39 is 0 Å². The highest BCUT2D eigenvalue weighted by Gasteiger charge is 2.11. The summed E-state index contributed by atoms with van der Waals surface area (Å²) in [6, 6.07) is 17.1. The van der Waals surface area contributed by atoms with E-state index in [1.165, 1.54) is 11.3 Å². The van der Waals surface area contributed by atoms with Gasteiger partial charge in [-0.25, -0.2) is 0 Å². The molecule has 5 heteroatoms. The van der Waals surface area contributed by atoms with E-state index in [0.717, 1.165) is 21.9 Å². The minimum absolute atomic E-state index is 0.255. The Balaban J connectivity index is 2.00. The number of carbonyl (C=O) groups excluding carboxylic acids is 1. The van der Waals surface area contributed by atoms with Crippen LogP contribution in [0.4, 0.5) is 0 Å². The van der Waals surface area contributed by atoms with Gasteiger partial charge in [0.1, 0.15) is 5.75 Å². The van der Waals surface area contributed by atoms with Gasteiger partial charge in [-0.3, -0.25) is 4.79 Å². The molecule has 1 aromatic heterocycles. The summed E-state index contributed by atoms with van der Waals surface area (Å²) in [5.41, 5.74) is 2.75. The predicted molar refractivity (Wildman–Crippen MR) is 96.4 cm³/mol. The number of aromatic nitrogens is 1. The lowest BCUT2D eigenvalue weighted by Gasteiger charge is -2.04. The molecule has 0 bridgehead atoms. The SMILES string of the molecule is COc1ccc(C(=O)N=c2sc(C)c(-c3ccccc3)n2C)cc1. The van der Waals surface area contributed by atoms with Gasteiger partial charge in [-0.2, -0.15) is 4.99 Å². The van der Waals surface area contributed by atoms with Gasteiger partial charge in [0.25, 0.3) is 5.91 Å². The molecule has 0 saturated carbocycles. The van der Waals surface area contributed by atoms with Crippen molar-refractivity contribution in [3.63, 3.8) is 0 Å². The number of thiazole rings is 1. The molecule has 1 amide bonds. The number of ether oxygens (including phenoxy) is 1. The van der Waals surface area contributed by atoms with Crippen molar-refractivity contribution in [1.82, 2.24) is 4.57 Å². The van der Waals surface area contributed by atoms with Crippen LogP contribution >= 0.6 is 11.3 Å². The van der Waals surface area contributed by atoms with E-state index in [0.29, 0.717) is 10.4 Å². The summed E-state index contributed by atoms with van der Waals surface area (Å²) in [6.07, 6.45) is 0. The van der Waals surface area contributed by atoms with Crippen molar-refractivity contribution in [3.05, 3.63) is 69.8 Å². The molecule has 0 atom stereocenters. The maximum atomic E-state index is 12.4. The molecule has 0 aliphatic rings. The van der Waals surface area contributed by atoms with Crippen LogP contribution < -0.4 is 9.54 Å². The van der Waals surface area contributed by atoms with Crippen molar-refractivity contribution in [2.24, 2.45) is 12.0 Å². The second kappa shape index (κ2) is 6.84. The first-order valence-electron chi connectivity index (χ1n) is 7.55. The molecule has 0 fully saturated rings. The molecular weight excluding hydrogens is 320 g/mol. The molecule has 1 heterocycles. The summed E-state index contributed by atoms with van der Waals surface area (Å²) in [5.74, 6) is 0.463. The second-order valence-corrected chi connectivity index (χ2v) is 6.54. The quantitative estimate of drug-likeness (QED) is 0.729. The van der Waals surface area contributed by atoms with Crippen molar-refractivity contribution < 1.29 is 9.53 Å². The number of amides is 1. The molecular formula is C19H18N2O2S. The summed E-state index contributed by atoms with van der Waals surface area (Å²) >= 11 is 1.52. The van der Waals surface area contributed by atoms with Gasteiger partial charge in [0.05, 0.1) is 12.8 Å². The van der Waals surface area contributed by atoms with Crippen LogP contribution in [0.3, 0.4) is 0 Å². The smallest absolute Gasteiger partial charge is 0.279 e. The number of nitrogens with zero attached hydrogens (tertiary/aromatic N) is 2. The molecule has 3 aromatic rings. The molecule has 0 radical (unpaired) electrons. The van der Waals surface area contributed by atoms with E-state index in [-0.39, 0.29) is 5.91 Å². The Hall–Kier alpha value is -2.66. The van der Waals surface area contributed by atoms with Gasteiger partial charge in [0.15, 0.2) is 4.80 Å². The fourth-order valence-electron chi connectivity index (χ4n) is 2.56. The van der Waals surface area contributed by atoms with Crippen LogP contribution in [0, 0.1) is 6.92 Å². The third kappa shape index (κ3) is 3.16. The van der Waals surface area contributed by atoms with Crippen molar-refractivity contribution in [2.75, 3.05) is 7.11 Å². The van der Waals surface area contributed by atoms with Gasteiger partial charge in [0, 0.05) is 17.5 Å². The van der Waals surface area contributed by atoms with E-state index >= 15 is 0 Å². The average molecular weight is 338 g/mol. The molecule has 3 rings (SSSR count). The molecule has 0 aliphatic carbocycles. The molecule has 0 N–H and O–H groups in total. The minimum atomic E-state index is -0.255. The summed E-state index contributed by atoms with van der Waals surface area (Å²) in [7, 11) is 3.53. The number of hydrogen-bond acceptors (Lipinski definition) is 3. The van der Waals surface area contributed by atoms with Crippen molar-refractivity contribution in [2.45, 2.75) is 6.92 Å². The summed E-state index contributed by atoms with van der Waals surface area (Å²) in [6.45, 7) is 2.05. The summed E-state index contributed by atoms with van der Waals surface area (Å²) in [4.78, 5) is 18.5. The Morgan fingerprint density at radius 3 is 2.38 bits per heavy atom. The van der Waals surface area contributed by atoms with Gasteiger partial charge < -0.3 is 9.30 Å². The molecule has 0 spiro atoms. The van der Waals surface area contributed by atoms with Gasteiger partial charge in [-0.1, -0.05) is 30.3 Å². The largest absolute Gasteiger partial charge is 0.497 e. The summed E-state index contributed by atoms with van der Waals surface area (Å²) < 4.78 is 7.08. The molecule has 0 unspecified atom stereocenters. The predicted octanol–water partition coefficient (Wildman–Crippen LogP) is 3.81. The molecule has 4 nitrogen and oxygen atoms in total. The Kier molecular flexibility index (Phi) is 4.62. The first-order valence-corrected chi connectivity index (χ1v) is 8.36. The molecule has 0 aliphatic heterocycles. The first-order chi connectivity index (χ1) is 11.6. The lowest BCUT2D eigenvalue weighted by atomic mass is 10.1. The molecule has 24 heavy (non-hydrogen) atoms. The van der Waals surface area contributed by atoms with Gasteiger partial charge >= 0.3 is 0 Å². The zero-order valence-corrected chi connectivity index (χ0v) is 14.6. The first kappa shape index (κ1) is 16.2. The number of benzene rings is 2. The normalized spacial score (nSPS) is 11.5. The van der Waals surface area contributed by atoms with Crippen molar-refractivity contribution >= 4 is 17.2 Å². The standard InChI is InChI=1S/C19H18N2O2S/c1-13-17(14-7-5-4-6-8-14)21(2)19(24-13)20-18(22)15-9-11-16(23-3)12-10-15/h4-12H,1-3H3. The number of rotatable bonds is 3. The van der Waals surface area contributed by atoms with Crippen LogP contribution in [0.1, 0.15) is 15.2 Å². The molecule has 2 aromatic carbocycles. The Bertz CT molecular complexity index is 922. The van der Waals surface area contributed by atoms with Crippen molar-refractivity contribution in [1.29, 1.82) is 0 Å². The Morgan fingerprint density at radius 2 is 1.75 bits per heavy atom. The van der Waals surface area contributed by atoms with Crippen LogP contribution in [0.15, 0.2) is 59.6 Å². The average Bonchev–Trinajstić information content (AvgIpc) is 2.89. The van der Waals surface area contributed by atoms with E-state index in [4.69, 9.17) is 4.74 Å². The zero-order valence-electron chi connectivity index (χ0n) is 13.8. The third-order valence-corrected chi connectivity index (χ3v) is 4.83. The zero-order chi connectivity index (χ0) is 17.1. The number of carbonyl (C=O) groups is 1. The second-order valence-electron chi connectivity index (χ2n) is 5.36. The number of methoxy groups -OCH3 is 1. The van der Waals surface area contributed by atoms with Crippen LogP contribution in [0.25, 0.3) is 11.3 Å². The van der Waals surface area contributed by atoms with Crippen molar-refractivity contribution in [3.8, 4) is 17.0 Å². The minimum Gasteiger partial charge on any atom is -0.497 e. The van der Waals surface area contributed by atoms with Crippen LogP contribution in [-0.4, -0.2) is 17.6 Å². The van der Waals surface area contributed by atoms with Crippen LogP contribution in [-0.2, 0) is 7.05 Å². The van der Waals surface area contributed by atoms with Crippen LogP contribution in [0.5, 0.6) is 5.75 Å². The van der Waals surface area contributed by atoms with E-state index in [9.17, 15) is 4.79 Å². The fraction of sp³-hybridized carbons (Fsp3) is 0.158. The highest BCUT2D eigenvalue weighted by Crippen LogP contribution is 2.24. The molecule has 0 saturated heterocycles. The highest BCUT2D eigenvalue weighted by molar-refractivity contribution is 7.09. The van der Waals surface area contributed by atoms with Gasteiger partial charge in [-0.15, -0.1) is 11.3 Å². The topological polar surface area (TPSA) is 43.6 Å². The Labute approximate surface area is 144 Å². The number of hydrogen-bond donors (Lipinski definition) is 0. The highest BCUT2D eigenvalue weighted by atomic mass is 32.1. The van der Waals surface area contributed by atoms with Gasteiger partial charge in [0.2, 0.25) is 0 Å². The monoisotopic (exact) mass is 338 g/mol. The molecule has 122 valence electrons. The van der Waals surface area contributed by atoms with E-state index in [1.807, 2.05) is 36.7 Å². The van der Waals surface area contributed by atoms with Crippen LogP contribution in [0.2, 0.25) is 0 Å². The number of aryl methyl sites for hydroxylation is 1. The third-order valence-electron chi connectivity index (χ3n) is 3.78. The lowest BCUT2D eigenvalue weighted by Crippen LogP contribution is -2.14. The van der Waals surface area contributed by atoms with Gasteiger partial charge in [-0.05, 0) is 36.8 Å². The fourth-order valence-corrected chi connectivity index (χ4v) is 3.54. The Morgan fingerprint density at radius 1 is 1.08 bits per heavy atom. The van der Waals surface area contributed by atoms with E-state index in [2.05, 4.69) is 17.1 Å². The maximum absolute atomic E-state index is 12.4. The maximum Gasteiger partial charge on any atom is 0.279 e.